The monoisotopic (exact) mass is 641 g/mol. The van der Waals surface area contributed by atoms with Gasteiger partial charge < -0.3 is 13.8 Å². The van der Waals surface area contributed by atoms with Gasteiger partial charge in [0.05, 0.1) is 4.90 Å². The van der Waals surface area contributed by atoms with Crippen LogP contribution in [-0.4, -0.2) is 18.1 Å². The third kappa shape index (κ3) is 7.66. The van der Waals surface area contributed by atoms with Gasteiger partial charge in [-0.25, -0.2) is 8.42 Å². The lowest BCUT2D eigenvalue weighted by Gasteiger charge is -2.05. The highest BCUT2D eigenvalue weighted by molar-refractivity contribution is 9.10. The Morgan fingerprint density at radius 2 is 1.42 bits per heavy atom. The van der Waals surface area contributed by atoms with Gasteiger partial charge in [-0.15, -0.1) is 0 Å². The van der Waals surface area contributed by atoms with E-state index in [1.807, 2.05) is 57.2 Å². The lowest BCUT2D eigenvalue weighted by molar-refractivity contribution is -0.599. The van der Waals surface area contributed by atoms with Crippen molar-refractivity contribution in [2.24, 2.45) is 0 Å². The summed E-state index contributed by atoms with van der Waals surface area (Å²) in [5.74, 6) is 2.60. The van der Waals surface area contributed by atoms with Crippen molar-refractivity contribution < 1.29 is 43.4 Å². The van der Waals surface area contributed by atoms with Crippen molar-refractivity contribution in [3.05, 3.63) is 101 Å². The molecule has 0 bridgehead atoms. The molecule has 0 fully saturated rings. The Hall–Kier alpha value is -2.21. The van der Waals surface area contributed by atoms with E-state index in [0.29, 0.717) is 0 Å². The Morgan fingerprint density at radius 3 is 1.91 bits per heavy atom. The van der Waals surface area contributed by atoms with Crippen LogP contribution >= 0.6 is 15.9 Å². The van der Waals surface area contributed by atoms with Crippen LogP contribution in [0.2, 0.25) is 0 Å². The smallest absolute Gasteiger partial charge is 0.363 e. The molecule has 0 radical (unpaired) electrons. The molecule has 1 aromatic heterocycles. The molecule has 0 amide bonds. The van der Waals surface area contributed by atoms with Crippen molar-refractivity contribution in [2.75, 3.05) is 0 Å². The number of benzene rings is 3. The molecule has 33 heavy (non-hydrogen) atoms. The van der Waals surface area contributed by atoms with Crippen molar-refractivity contribution >= 4 is 26.0 Å². The van der Waals surface area contributed by atoms with Gasteiger partial charge >= 0.3 is 21.2 Å². The molecular weight excluding hydrogens is 621 g/mol. The molecule has 172 valence electrons. The van der Waals surface area contributed by atoms with Crippen LogP contribution in [0, 0.1) is 27.9 Å². The van der Waals surface area contributed by atoms with Crippen LogP contribution < -0.4 is 25.9 Å². The van der Waals surface area contributed by atoms with Crippen molar-refractivity contribution in [3.8, 4) is 11.5 Å². The summed E-state index contributed by atoms with van der Waals surface area (Å²) >= 11 is 3.14. The van der Waals surface area contributed by atoms with E-state index in [-0.39, 0.29) is 26.1 Å². The zero-order valence-corrected chi connectivity index (χ0v) is 22.6. The topological polar surface area (TPSA) is 92.5 Å². The fraction of sp³-hybridized carbons (Fsp3) is 0.125. The van der Waals surface area contributed by atoms with Crippen LogP contribution in [0.4, 0.5) is 0 Å². The molecule has 0 aliphatic carbocycles. The third-order valence-electron chi connectivity index (χ3n) is 4.32. The van der Waals surface area contributed by atoms with Gasteiger partial charge in [-0.2, -0.15) is 0 Å². The van der Waals surface area contributed by atoms with Gasteiger partial charge in [-0.1, -0.05) is 38.8 Å². The number of aromatic nitrogens is 1. The molecule has 0 atom stereocenters. The number of rotatable bonds is 5. The first-order valence-corrected chi connectivity index (χ1v) is 14.1. The molecule has 0 aliphatic rings. The maximum atomic E-state index is 10.4. The molecule has 0 unspecified atom stereocenters. The number of halogens is 2. The quantitative estimate of drug-likeness (QED) is 0.246. The number of aryl methyl sites for hydroxylation is 3. The number of hydrogen-bond donors (Lipinski definition) is 0. The van der Waals surface area contributed by atoms with Gasteiger partial charge in [0.2, 0.25) is 0 Å². The van der Waals surface area contributed by atoms with Crippen LogP contribution in [0.25, 0.3) is 0 Å². The van der Waals surface area contributed by atoms with Crippen LogP contribution in [-0.2, 0) is 10.1 Å². The van der Waals surface area contributed by atoms with E-state index in [1.165, 1.54) is 19.3 Å². The molecule has 1 heterocycles. The fourth-order valence-corrected chi connectivity index (χ4v) is 5.67. The standard InChI is InChI=1S/C17H14BrINO2.C7H8O3S/c1-11-17(12(2)22-20-11)19-14-5-9-16(10-6-14)21-15-7-3-13(18)4-8-15;1-6-2-4-7(5-3-6)11(8,9)10/h3-10H,1-2H3;2-5H,1H3,(H,8,9,10)/q+1;/p-1. The number of nitrogens with zero attached hydrogens (tertiary/aromatic N) is 1. The fourth-order valence-electron chi connectivity index (χ4n) is 2.63. The van der Waals surface area contributed by atoms with E-state index in [2.05, 4.69) is 33.2 Å². The highest BCUT2D eigenvalue weighted by Crippen LogP contribution is 2.22. The van der Waals surface area contributed by atoms with Crippen LogP contribution in [0.1, 0.15) is 17.0 Å². The number of ether oxygens (including phenoxy) is 1. The van der Waals surface area contributed by atoms with Crippen molar-refractivity contribution in [1.82, 2.24) is 5.16 Å². The third-order valence-corrected chi connectivity index (χ3v) is 9.12. The molecule has 0 saturated heterocycles. The summed E-state index contributed by atoms with van der Waals surface area (Å²) in [5, 5.41) is 4.02. The molecule has 3 aromatic carbocycles. The minimum Gasteiger partial charge on any atom is -0.744 e. The van der Waals surface area contributed by atoms with Crippen LogP contribution in [0.15, 0.2) is 86.7 Å². The largest absolute Gasteiger partial charge is 0.744 e. The van der Waals surface area contributed by atoms with Gasteiger partial charge in [-0.3, -0.25) is 0 Å². The predicted molar refractivity (Wildman–Crippen MR) is 123 cm³/mol. The predicted octanol–water partition coefficient (Wildman–Crippen LogP) is 2.87. The SMILES string of the molecule is Cc1ccc(S(=O)(=O)[O-])cc1.Cc1noc(C)c1[I+]c1ccc(Oc2ccc(Br)cc2)cc1. The first kappa shape index (κ1) is 25.4. The lowest BCUT2D eigenvalue weighted by atomic mass is 10.2. The van der Waals surface area contributed by atoms with E-state index >= 15 is 0 Å². The minimum atomic E-state index is -4.27. The molecule has 4 rings (SSSR count). The molecule has 4 aromatic rings. The van der Waals surface area contributed by atoms with E-state index < -0.39 is 10.1 Å². The Bertz CT molecular complexity index is 1280. The van der Waals surface area contributed by atoms with Gasteiger partial charge in [0.1, 0.15) is 27.3 Å². The normalized spacial score (nSPS) is 10.9. The molecule has 0 saturated carbocycles. The molecule has 0 spiro atoms. The van der Waals surface area contributed by atoms with Crippen molar-refractivity contribution in [1.29, 1.82) is 0 Å². The van der Waals surface area contributed by atoms with Crippen molar-refractivity contribution in [2.45, 2.75) is 25.7 Å². The second-order valence-electron chi connectivity index (χ2n) is 7.01. The summed E-state index contributed by atoms with van der Waals surface area (Å²) in [6, 6.07) is 21.8. The van der Waals surface area contributed by atoms with Crippen LogP contribution in [0.3, 0.4) is 0 Å². The Morgan fingerprint density at radius 1 is 0.879 bits per heavy atom. The number of hydrogen-bond acceptors (Lipinski definition) is 6. The summed E-state index contributed by atoms with van der Waals surface area (Å²) in [6.45, 7) is 5.79. The molecular formula is C24H21BrINO5S. The molecule has 6 nitrogen and oxygen atoms in total. The maximum absolute atomic E-state index is 10.4. The summed E-state index contributed by atoms with van der Waals surface area (Å²) in [5.41, 5.74) is 1.93. The molecule has 0 aliphatic heterocycles. The van der Waals surface area contributed by atoms with Gasteiger partial charge in [-0.05, 0) is 74.5 Å². The Balaban J connectivity index is 0.000000235. The van der Waals surface area contributed by atoms with E-state index in [0.717, 1.165) is 33.0 Å². The van der Waals surface area contributed by atoms with E-state index in [1.54, 1.807) is 12.1 Å². The van der Waals surface area contributed by atoms with Gasteiger partial charge in [0.25, 0.3) is 3.57 Å². The average molecular weight is 642 g/mol. The van der Waals surface area contributed by atoms with E-state index in [4.69, 9.17) is 9.26 Å². The zero-order chi connectivity index (χ0) is 24.0. The average Bonchev–Trinajstić information content (AvgIpc) is 3.09. The summed E-state index contributed by atoms with van der Waals surface area (Å²) in [4.78, 5) is -0.178. The molecule has 9 heteroatoms. The Labute approximate surface area is 212 Å². The van der Waals surface area contributed by atoms with E-state index in [9.17, 15) is 13.0 Å². The van der Waals surface area contributed by atoms with Crippen molar-refractivity contribution in [3.63, 3.8) is 0 Å². The van der Waals surface area contributed by atoms with Crippen LogP contribution in [0.5, 0.6) is 11.5 Å². The highest BCUT2D eigenvalue weighted by atomic mass is 127. The first-order valence-electron chi connectivity index (χ1n) is 9.75. The minimum absolute atomic E-state index is 0.178. The summed E-state index contributed by atoms with van der Waals surface area (Å²) < 4.78 is 45.8. The van der Waals surface area contributed by atoms with Gasteiger partial charge in [0.15, 0.2) is 9.33 Å². The maximum Gasteiger partial charge on any atom is 0.363 e. The second kappa shape index (κ2) is 11.3. The summed E-state index contributed by atoms with van der Waals surface area (Å²) in [6.07, 6.45) is 0. The first-order chi connectivity index (χ1) is 15.6. The molecule has 0 N–H and O–H groups in total. The highest BCUT2D eigenvalue weighted by Gasteiger charge is 2.25. The zero-order valence-electron chi connectivity index (χ0n) is 18.1. The Kier molecular flexibility index (Phi) is 8.69. The lowest BCUT2D eigenvalue weighted by Crippen LogP contribution is -3.61. The summed E-state index contributed by atoms with van der Waals surface area (Å²) in [7, 11) is -4.27. The van der Waals surface area contributed by atoms with Gasteiger partial charge in [0, 0.05) is 11.4 Å². The second-order valence-corrected chi connectivity index (χ2v) is 12.2.